The largest absolute Gasteiger partial charge is 0.371 e. The molecule has 2 N–H and O–H groups in total. The first kappa shape index (κ1) is 20.8. The molecule has 1 aromatic carbocycles. The van der Waals surface area contributed by atoms with Gasteiger partial charge in [0.15, 0.2) is 0 Å². The van der Waals surface area contributed by atoms with Gasteiger partial charge in [-0.05, 0) is 55.5 Å². The van der Waals surface area contributed by atoms with Crippen molar-refractivity contribution in [1.29, 1.82) is 0 Å². The van der Waals surface area contributed by atoms with Crippen molar-refractivity contribution in [2.45, 2.75) is 25.7 Å². The average molecular weight is 422 g/mol. The highest BCUT2D eigenvalue weighted by atomic mass is 16.2. The molecule has 1 aromatic heterocycles. The molecule has 0 atom stereocenters. The van der Waals surface area contributed by atoms with Crippen LogP contribution in [0.2, 0.25) is 0 Å². The molecular weight excluding hydrogens is 394 g/mol. The molecule has 8 heteroatoms. The van der Waals surface area contributed by atoms with Gasteiger partial charge >= 0.3 is 11.8 Å². The molecule has 3 amide bonds. The summed E-state index contributed by atoms with van der Waals surface area (Å²) in [4.78, 5) is 44.5. The molecule has 2 aliphatic heterocycles. The minimum Gasteiger partial charge on any atom is -0.371 e. The van der Waals surface area contributed by atoms with Crippen molar-refractivity contribution in [2.24, 2.45) is 5.92 Å². The number of hydrogen-bond acceptors (Lipinski definition) is 5. The number of anilines is 3. The summed E-state index contributed by atoms with van der Waals surface area (Å²) in [6.07, 6.45) is 6.87. The Morgan fingerprint density at radius 1 is 1.00 bits per heavy atom. The quantitative estimate of drug-likeness (QED) is 0.722. The number of hydrogen-bond donors (Lipinski definition) is 2. The Morgan fingerprint density at radius 2 is 1.77 bits per heavy atom. The van der Waals surface area contributed by atoms with Crippen molar-refractivity contribution >= 4 is 34.8 Å². The van der Waals surface area contributed by atoms with Gasteiger partial charge in [-0.3, -0.25) is 19.4 Å². The first-order chi connectivity index (χ1) is 15.1. The van der Waals surface area contributed by atoms with Crippen LogP contribution in [0.5, 0.6) is 0 Å². The molecule has 162 valence electrons. The number of pyridine rings is 1. The van der Waals surface area contributed by atoms with Crippen molar-refractivity contribution in [2.75, 3.05) is 41.3 Å². The van der Waals surface area contributed by atoms with Crippen LogP contribution in [0.4, 0.5) is 17.1 Å². The molecule has 3 heterocycles. The molecule has 2 fully saturated rings. The maximum absolute atomic E-state index is 12.3. The Labute approximate surface area is 181 Å². The third-order valence-electron chi connectivity index (χ3n) is 5.89. The highest BCUT2D eigenvalue weighted by molar-refractivity contribution is 6.39. The highest BCUT2D eigenvalue weighted by Gasteiger charge is 2.23. The molecule has 4 rings (SSSR count). The van der Waals surface area contributed by atoms with Crippen molar-refractivity contribution in [3.05, 3.63) is 48.8 Å². The molecule has 0 saturated carbocycles. The number of rotatable bonds is 5. The number of carbonyl (C=O) groups is 3. The maximum atomic E-state index is 12.3. The van der Waals surface area contributed by atoms with Gasteiger partial charge in [0.2, 0.25) is 5.91 Å². The summed E-state index contributed by atoms with van der Waals surface area (Å²) in [7, 11) is 0. The molecule has 0 bridgehead atoms. The molecule has 0 aliphatic carbocycles. The predicted octanol–water partition coefficient (Wildman–Crippen LogP) is 2.18. The fourth-order valence-electron chi connectivity index (χ4n) is 4.13. The van der Waals surface area contributed by atoms with E-state index in [1.165, 1.54) is 0 Å². The number of carbonyl (C=O) groups excluding carboxylic acids is 3. The summed E-state index contributed by atoms with van der Waals surface area (Å²) >= 11 is 0. The maximum Gasteiger partial charge on any atom is 0.313 e. The second-order valence-corrected chi connectivity index (χ2v) is 8.00. The van der Waals surface area contributed by atoms with E-state index < -0.39 is 11.8 Å². The van der Waals surface area contributed by atoms with Crippen LogP contribution in [-0.4, -0.2) is 48.9 Å². The lowest BCUT2D eigenvalue weighted by Crippen LogP contribution is -2.41. The fourth-order valence-corrected chi connectivity index (χ4v) is 4.13. The van der Waals surface area contributed by atoms with Crippen LogP contribution in [0, 0.1) is 5.92 Å². The van der Waals surface area contributed by atoms with Gasteiger partial charge in [0.25, 0.3) is 0 Å². The third kappa shape index (κ3) is 5.20. The number of piperidine rings is 1. The summed E-state index contributed by atoms with van der Waals surface area (Å²) in [6, 6.07) is 11.0. The summed E-state index contributed by atoms with van der Waals surface area (Å²) in [6.45, 7) is 2.99. The van der Waals surface area contributed by atoms with Crippen molar-refractivity contribution in [3.63, 3.8) is 0 Å². The number of nitrogens with zero attached hydrogens (tertiary/aromatic N) is 3. The van der Waals surface area contributed by atoms with Crippen molar-refractivity contribution in [3.8, 4) is 0 Å². The SMILES string of the molecule is O=C(NCC1CCN(c2ccncc2)CC1)C(=O)Nc1cccc(N2CCCC2=O)c1. The lowest BCUT2D eigenvalue weighted by molar-refractivity contribution is -0.136. The number of benzene rings is 1. The van der Waals surface area contributed by atoms with Gasteiger partial charge in [0, 0.05) is 62.1 Å². The van der Waals surface area contributed by atoms with Gasteiger partial charge in [0.05, 0.1) is 0 Å². The second kappa shape index (κ2) is 9.59. The topological polar surface area (TPSA) is 94.6 Å². The molecule has 31 heavy (non-hydrogen) atoms. The van der Waals surface area contributed by atoms with Crippen LogP contribution < -0.4 is 20.4 Å². The van der Waals surface area contributed by atoms with Crippen LogP contribution in [0.25, 0.3) is 0 Å². The first-order valence-electron chi connectivity index (χ1n) is 10.7. The Bertz CT molecular complexity index is 941. The first-order valence-corrected chi connectivity index (χ1v) is 10.7. The zero-order valence-electron chi connectivity index (χ0n) is 17.4. The van der Waals surface area contributed by atoms with Crippen molar-refractivity contribution < 1.29 is 14.4 Å². The number of amides is 3. The van der Waals surface area contributed by atoms with E-state index in [9.17, 15) is 14.4 Å². The van der Waals surface area contributed by atoms with E-state index in [1.807, 2.05) is 18.2 Å². The molecule has 8 nitrogen and oxygen atoms in total. The lowest BCUT2D eigenvalue weighted by Gasteiger charge is -2.33. The summed E-state index contributed by atoms with van der Waals surface area (Å²) in [5, 5.41) is 5.39. The Kier molecular flexibility index (Phi) is 6.45. The Balaban J connectivity index is 1.23. The number of aromatic nitrogens is 1. The van der Waals surface area contributed by atoms with E-state index in [-0.39, 0.29) is 5.91 Å². The van der Waals surface area contributed by atoms with E-state index in [0.29, 0.717) is 31.1 Å². The van der Waals surface area contributed by atoms with Gasteiger partial charge in [-0.25, -0.2) is 0 Å². The Morgan fingerprint density at radius 3 is 2.48 bits per heavy atom. The Hall–Kier alpha value is -3.42. The lowest BCUT2D eigenvalue weighted by atomic mass is 9.96. The molecule has 2 aromatic rings. The van der Waals surface area contributed by atoms with E-state index in [4.69, 9.17) is 0 Å². The normalized spacial score (nSPS) is 17.0. The van der Waals surface area contributed by atoms with E-state index >= 15 is 0 Å². The molecule has 0 spiro atoms. The van der Waals surface area contributed by atoms with E-state index in [1.54, 1.807) is 35.5 Å². The standard InChI is InChI=1S/C23H27N5O3/c29-21-5-2-12-28(21)20-4-1-3-18(15-20)26-23(31)22(30)25-16-17-8-13-27(14-9-17)19-6-10-24-11-7-19/h1,3-4,6-7,10-11,15,17H,2,5,8-9,12-14,16H2,(H,25,30)(H,26,31). The third-order valence-corrected chi connectivity index (χ3v) is 5.89. The highest BCUT2D eigenvalue weighted by Crippen LogP contribution is 2.24. The van der Waals surface area contributed by atoms with Gasteiger partial charge < -0.3 is 20.4 Å². The van der Waals surface area contributed by atoms with Crippen LogP contribution in [0.1, 0.15) is 25.7 Å². The smallest absolute Gasteiger partial charge is 0.313 e. The molecule has 0 unspecified atom stereocenters. The van der Waals surface area contributed by atoms with Crippen molar-refractivity contribution in [1.82, 2.24) is 10.3 Å². The summed E-state index contributed by atoms with van der Waals surface area (Å²) in [5.74, 6) is -0.908. The van der Waals surface area contributed by atoms with Crippen LogP contribution in [-0.2, 0) is 14.4 Å². The fraction of sp³-hybridized carbons (Fsp3) is 0.391. The molecule has 2 saturated heterocycles. The second-order valence-electron chi connectivity index (χ2n) is 8.00. The van der Waals surface area contributed by atoms with E-state index in [2.05, 4.69) is 20.5 Å². The number of nitrogens with one attached hydrogen (secondary N) is 2. The molecular formula is C23H27N5O3. The molecule has 2 aliphatic rings. The minimum atomic E-state index is -0.695. The van der Waals surface area contributed by atoms with Crippen LogP contribution >= 0.6 is 0 Å². The average Bonchev–Trinajstić information content (AvgIpc) is 3.24. The van der Waals surface area contributed by atoms with Gasteiger partial charge in [-0.2, -0.15) is 0 Å². The predicted molar refractivity (Wildman–Crippen MR) is 119 cm³/mol. The van der Waals surface area contributed by atoms with Gasteiger partial charge in [-0.15, -0.1) is 0 Å². The molecule has 0 radical (unpaired) electrons. The van der Waals surface area contributed by atoms with Crippen LogP contribution in [0.3, 0.4) is 0 Å². The monoisotopic (exact) mass is 421 g/mol. The summed E-state index contributed by atoms with van der Waals surface area (Å²) < 4.78 is 0. The zero-order chi connectivity index (χ0) is 21.6. The van der Waals surface area contributed by atoms with Gasteiger partial charge in [-0.1, -0.05) is 6.07 Å². The minimum absolute atomic E-state index is 0.0798. The van der Waals surface area contributed by atoms with Gasteiger partial charge in [0.1, 0.15) is 0 Å². The zero-order valence-corrected chi connectivity index (χ0v) is 17.4. The van der Waals surface area contributed by atoms with Crippen LogP contribution in [0.15, 0.2) is 48.8 Å². The van der Waals surface area contributed by atoms with E-state index in [0.717, 1.165) is 43.7 Å². The summed E-state index contributed by atoms with van der Waals surface area (Å²) in [5.41, 5.74) is 2.40.